The third-order valence-corrected chi connectivity index (χ3v) is 9.58. The number of nitrogens with two attached hydrogens (primary N) is 1. The van der Waals surface area contributed by atoms with E-state index in [0.717, 1.165) is 43.2 Å². The molecule has 41 heavy (non-hydrogen) atoms. The number of nitrogen functional groups attached to an aromatic ring is 1. The molecule has 3 aromatic rings. The van der Waals surface area contributed by atoms with Crippen LogP contribution in [-0.2, 0) is 4.74 Å². The first-order valence-corrected chi connectivity index (χ1v) is 15.3. The van der Waals surface area contributed by atoms with Gasteiger partial charge in [0.25, 0.3) is 0 Å². The van der Waals surface area contributed by atoms with Gasteiger partial charge in [0.15, 0.2) is 5.82 Å². The summed E-state index contributed by atoms with van der Waals surface area (Å²) in [5, 5.41) is 23.3. The minimum Gasteiger partial charge on any atom is -0.507 e. The van der Waals surface area contributed by atoms with Crippen LogP contribution < -0.4 is 5.73 Å². The van der Waals surface area contributed by atoms with E-state index in [4.69, 9.17) is 15.6 Å². The molecule has 1 saturated carbocycles. The molecule has 0 spiro atoms. The number of benzene rings is 1. The summed E-state index contributed by atoms with van der Waals surface area (Å²) in [5.74, 6) is 1.90. The monoisotopic (exact) mass is 556 g/mol. The second kappa shape index (κ2) is 12.5. The van der Waals surface area contributed by atoms with E-state index in [1.807, 2.05) is 24.4 Å². The number of aromatic nitrogens is 4. The minimum absolute atomic E-state index is 0.167. The zero-order valence-electron chi connectivity index (χ0n) is 24.4. The van der Waals surface area contributed by atoms with Crippen molar-refractivity contribution >= 4 is 13.2 Å². The number of phenolic OH excluding ortho intramolecular Hbond substituents is 1. The highest BCUT2D eigenvalue weighted by Crippen LogP contribution is 2.36. The van der Waals surface area contributed by atoms with E-state index >= 15 is 0 Å². The molecule has 1 radical (unpaired) electrons. The average molecular weight is 557 g/mol. The van der Waals surface area contributed by atoms with E-state index < -0.39 is 0 Å². The lowest BCUT2D eigenvalue weighted by molar-refractivity contribution is -0.0944. The fourth-order valence-electron chi connectivity index (χ4n) is 6.83. The lowest BCUT2D eigenvalue weighted by atomic mass is 9.80. The molecule has 3 aliphatic rings. The van der Waals surface area contributed by atoms with Gasteiger partial charge in [-0.1, -0.05) is 19.0 Å². The predicted octanol–water partition coefficient (Wildman–Crippen LogP) is 4.49. The van der Waals surface area contributed by atoms with Crippen LogP contribution in [0, 0.1) is 11.8 Å². The fourth-order valence-corrected chi connectivity index (χ4v) is 6.83. The lowest BCUT2D eigenvalue weighted by Gasteiger charge is -2.43. The van der Waals surface area contributed by atoms with E-state index in [9.17, 15) is 5.11 Å². The van der Waals surface area contributed by atoms with Crippen molar-refractivity contribution in [2.24, 2.45) is 11.8 Å². The highest BCUT2D eigenvalue weighted by Gasteiger charge is 2.35. The number of anilines is 1. The number of rotatable bonds is 9. The van der Waals surface area contributed by atoms with Gasteiger partial charge in [-0.3, -0.25) is 4.68 Å². The van der Waals surface area contributed by atoms with Crippen LogP contribution in [0.2, 0.25) is 6.82 Å². The lowest BCUT2D eigenvalue weighted by Crippen LogP contribution is -2.46. The largest absolute Gasteiger partial charge is 0.507 e. The molecule has 0 amide bonds. The molecule has 0 bridgehead atoms. The molecular formula is C31H43BN7O2. The smallest absolute Gasteiger partial charge is 0.205 e. The Kier molecular flexibility index (Phi) is 8.60. The summed E-state index contributed by atoms with van der Waals surface area (Å²) in [4.78, 5) is 5.07. The van der Waals surface area contributed by atoms with Gasteiger partial charge < -0.3 is 25.3 Å². The maximum Gasteiger partial charge on any atom is 0.205 e. The number of aromatic hydroxyl groups is 1. The number of ether oxygens (including phenoxy) is 1. The standard InChI is InChI=1S/C31H43BN7O2/c1-21(39-20-24(18-34-39)28-17-29(35-36-31(28)33)27-5-3-4-6-30(27)40)23-7-11-37(12-8-23)19-22-15-26(16-22)41-25-9-13-38(32-2)14-10-25/h3-6,17-18,20-23,25-26,40H,7-16,19H2,1-2H3,(H2,33,36). The topological polar surface area (TPSA) is 106 Å². The second-order valence-electron chi connectivity index (χ2n) is 12.2. The van der Waals surface area contributed by atoms with Gasteiger partial charge in [0.1, 0.15) is 5.75 Å². The van der Waals surface area contributed by atoms with Gasteiger partial charge >= 0.3 is 0 Å². The van der Waals surface area contributed by atoms with Gasteiger partial charge in [-0.15, -0.1) is 10.2 Å². The first kappa shape index (κ1) is 28.2. The molecule has 9 nitrogen and oxygen atoms in total. The van der Waals surface area contributed by atoms with Crippen LogP contribution in [0.3, 0.4) is 0 Å². The average Bonchev–Trinajstić information content (AvgIpc) is 3.47. The third-order valence-electron chi connectivity index (χ3n) is 9.58. The molecule has 2 aromatic heterocycles. The Bertz CT molecular complexity index is 1300. The number of hydrogen-bond acceptors (Lipinski definition) is 8. The van der Waals surface area contributed by atoms with Crippen LogP contribution in [-0.4, -0.2) is 87.1 Å². The van der Waals surface area contributed by atoms with Crippen LogP contribution >= 0.6 is 0 Å². The molecule has 217 valence electrons. The number of piperidine rings is 2. The maximum atomic E-state index is 10.3. The Morgan fingerprint density at radius 1 is 1.02 bits per heavy atom. The first-order chi connectivity index (χ1) is 20.0. The third kappa shape index (κ3) is 6.44. The van der Waals surface area contributed by atoms with E-state index in [0.29, 0.717) is 41.2 Å². The Morgan fingerprint density at radius 2 is 1.78 bits per heavy atom. The molecular weight excluding hydrogens is 513 g/mol. The summed E-state index contributed by atoms with van der Waals surface area (Å²) in [6, 6.07) is 9.31. The van der Waals surface area contributed by atoms with Crippen molar-refractivity contribution < 1.29 is 9.84 Å². The molecule has 4 heterocycles. The Morgan fingerprint density at radius 3 is 2.51 bits per heavy atom. The quantitative estimate of drug-likeness (QED) is 0.372. The number of phenols is 1. The van der Waals surface area contributed by atoms with E-state index in [2.05, 4.69) is 51.9 Å². The van der Waals surface area contributed by atoms with Crippen LogP contribution in [0.4, 0.5) is 5.82 Å². The predicted molar refractivity (Wildman–Crippen MR) is 162 cm³/mol. The molecule has 2 aliphatic heterocycles. The molecule has 10 heteroatoms. The number of hydrogen-bond donors (Lipinski definition) is 2. The van der Waals surface area contributed by atoms with Gasteiger partial charge in [-0.25, -0.2) is 0 Å². The molecule has 3 fully saturated rings. The van der Waals surface area contributed by atoms with Gasteiger partial charge in [0.05, 0.1) is 30.1 Å². The van der Waals surface area contributed by atoms with Crippen molar-refractivity contribution in [3.8, 4) is 28.1 Å². The fraction of sp³-hybridized carbons (Fsp3) is 0.581. The van der Waals surface area contributed by atoms with E-state index in [1.54, 1.807) is 12.1 Å². The Labute approximate surface area is 244 Å². The summed E-state index contributed by atoms with van der Waals surface area (Å²) >= 11 is 0. The van der Waals surface area contributed by atoms with Crippen LogP contribution in [0.5, 0.6) is 5.75 Å². The second-order valence-corrected chi connectivity index (χ2v) is 12.2. The molecule has 1 unspecified atom stereocenters. The highest BCUT2D eigenvalue weighted by molar-refractivity contribution is 6.29. The van der Waals surface area contributed by atoms with Gasteiger partial charge in [0.2, 0.25) is 7.41 Å². The van der Waals surface area contributed by atoms with Crippen LogP contribution in [0.25, 0.3) is 22.4 Å². The van der Waals surface area contributed by atoms with Gasteiger partial charge in [-0.2, -0.15) is 5.10 Å². The maximum absolute atomic E-state index is 10.3. The molecule has 1 aromatic carbocycles. The SMILES string of the molecule is C[B]N1CCC(OC2CC(CN3CCC(C(C)n4cc(-c5cc(-c6ccccc6O)nnc5N)cn4)CC3)C2)CC1. The summed E-state index contributed by atoms with van der Waals surface area (Å²) in [6.07, 6.45) is 12.0. The van der Waals surface area contributed by atoms with Crippen molar-refractivity contribution in [2.75, 3.05) is 38.5 Å². The molecule has 1 atom stereocenters. The molecule has 6 rings (SSSR count). The van der Waals surface area contributed by atoms with Crippen molar-refractivity contribution in [1.82, 2.24) is 29.7 Å². The summed E-state index contributed by atoms with van der Waals surface area (Å²) < 4.78 is 8.49. The van der Waals surface area contributed by atoms with Crippen molar-refractivity contribution in [2.45, 2.75) is 70.5 Å². The van der Waals surface area contributed by atoms with Crippen molar-refractivity contribution in [3.63, 3.8) is 0 Å². The molecule has 2 saturated heterocycles. The zero-order chi connectivity index (χ0) is 28.3. The van der Waals surface area contributed by atoms with Gasteiger partial charge in [-0.05, 0) is 102 Å². The Hall–Kier alpha value is -2.95. The number of likely N-dealkylation sites (tertiary alicyclic amines) is 1. The molecule has 3 N–H and O–H groups in total. The van der Waals surface area contributed by atoms with Crippen molar-refractivity contribution in [1.29, 1.82) is 0 Å². The van der Waals surface area contributed by atoms with Crippen molar-refractivity contribution in [3.05, 3.63) is 42.7 Å². The number of para-hydroxylation sites is 1. The Balaban J connectivity index is 0.978. The van der Waals surface area contributed by atoms with Crippen LogP contribution in [0.1, 0.15) is 51.5 Å². The van der Waals surface area contributed by atoms with E-state index in [1.165, 1.54) is 45.1 Å². The minimum atomic E-state index is 0.167. The summed E-state index contributed by atoms with van der Waals surface area (Å²) in [5.41, 5.74) is 9.12. The van der Waals surface area contributed by atoms with Gasteiger partial charge in [0, 0.05) is 29.4 Å². The summed E-state index contributed by atoms with van der Waals surface area (Å²) in [6.45, 7) is 10.2. The zero-order valence-corrected chi connectivity index (χ0v) is 24.4. The first-order valence-electron chi connectivity index (χ1n) is 15.3. The van der Waals surface area contributed by atoms with E-state index in [-0.39, 0.29) is 5.75 Å². The van der Waals surface area contributed by atoms with Crippen LogP contribution in [0.15, 0.2) is 42.7 Å². The molecule has 1 aliphatic carbocycles. The summed E-state index contributed by atoms with van der Waals surface area (Å²) in [7, 11) is 2.21. The highest BCUT2D eigenvalue weighted by atomic mass is 16.5. The normalized spacial score (nSPS) is 23.8. The number of nitrogens with zero attached hydrogens (tertiary/aromatic N) is 6.